The molecule has 0 atom stereocenters. The summed E-state index contributed by atoms with van der Waals surface area (Å²) in [4.78, 5) is 0. The standard InChI is InChI=1S/C14H18N2O/c1-3-4-10-13-14(17)11(2)16(15-13)12-8-6-5-7-9-12/h5-9,17H,3-4,10H2,1-2H3. The fourth-order valence-corrected chi connectivity index (χ4v) is 1.89. The Kier molecular flexibility index (Phi) is 3.47. The predicted octanol–water partition coefficient (Wildman–Crippen LogP) is 3.23. The van der Waals surface area contributed by atoms with Crippen molar-refractivity contribution in [2.45, 2.75) is 33.1 Å². The number of para-hydroxylation sites is 1. The van der Waals surface area contributed by atoms with Crippen LogP contribution in [-0.4, -0.2) is 14.9 Å². The minimum atomic E-state index is 0.335. The van der Waals surface area contributed by atoms with Crippen molar-refractivity contribution in [1.29, 1.82) is 0 Å². The molecule has 1 aromatic heterocycles. The molecule has 0 spiro atoms. The van der Waals surface area contributed by atoms with E-state index in [0.29, 0.717) is 5.75 Å². The van der Waals surface area contributed by atoms with Gasteiger partial charge in [0, 0.05) is 0 Å². The predicted molar refractivity (Wildman–Crippen MR) is 68.6 cm³/mol. The Bertz CT molecular complexity index is 488. The van der Waals surface area contributed by atoms with Gasteiger partial charge in [-0.25, -0.2) is 4.68 Å². The quantitative estimate of drug-likeness (QED) is 0.875. The Labute approximate surface area is 102 Å². The average molecular weight is 230 g/mol. The summed E-state index contributed by atoms with van der Waals surface area (Å²) in [5.41, 5.74) is 2.60. The minimum absolute atomic E-state index is 0.335. The third-order valence-corrected chi connectivity index (χ3v) is 2.92. The highest BCUT2D eigenvalue weighted by atomic mass is 16.3. The molecule has 0 bridgehead atoms. The van der Waals surface area contributed by atoms with Crippen molar-refractivity contribution in [2.24, 2.45) is 0 Å². The molecule has 0 amide bonds. The molecule has 1 heterocycles. The minimum Gasteiger partial charge on any atom is -0.504 e. The molecule has 0 radical (unpaired) electrons. The lowest BCUT2D eigenvalue weighted by molar-refractivity contribution is 0.462. The molecule has 0 unspecified atom stereocenters. The van der Waals surface area contributed by atoms with Crippen LogP contribution in [-0.2, 0) is 6.42 Å². The Hall–Kier alpha value is -1.77. The maximum Gasteiger partial charge on any atom is 0.160 e. The van der Waals surface area contributed by atoms with Gasteiger partial charge in [0.2, 0.25) is 0 Å². The van der Waals surface area contributed by atoms with E-state index in [4.69, 9.17) is 0 Å². The van der Waals surface area contributed by atoms with Gasteiger partial charge in [0.15, 0.2) is 5.75 Å². The molecular weight excluding hydrogens is 212 g/mol. The van der Waals surface area contributed by atoms with E-state index < -0.39 is 0 Å². The first-order valence-electron chi connectivity index (χ1n) is 6.07. The number of rotatable bonds is 4. The van der Waals surface area contributed by atoms with E-state index in [-0.39, 0.29) is 0 Å². The molecule has 3 nitrogen and oxygen atoms in total. The van der Waals surface area contributed by atoms with Crippen molar-refractivity contribution in [3.63, 3.8) is 0 Å². The van der Waals surface area contributed by atoms with Gasteiger partial charge < -0.3 is 5.11 Å². The fraction of sp³-hybridized carbons (Fsp3) is 0.357. The van der Waals surface area contributed by atoms with E-state index in [1.54, 1.807) is 4.68 Å². The zero-order chi connectivity index (χ0) is 12.3. The van der Waals surface area contributed by atoms with Crippen LogP contribution in [0.1, 0.15) is 31.2 Å². The molecule has 3 heteroatoms. The van der Waals surface area contributed by atoms with Crippen molar-refractivity contribution in [3.8, 4) is 11.4 Å². The lowest BCUT2D eigenvalue weighted by Gasteiger charge is -2.02. The zero-order valence-electron chi connectivity index (χ0n) is 10.3. The van der Waals surface area contributed by atoms with E-state index in [2.05, 4.69) is 12.0 Å². The Balaban J connectivity index is 2.36. The van der Waals surface area contributed by atoms with Crippen LogP contribution in [0.5, 0.6) is 5.75 Å². The molecule has 90 valence electrons. The highest BCUT2D eigenvalue weighted by Gasteiger charge is 2.13. The summed E-state index contributed by atoms with van der Waals surface area (Å²) >= 11 is 0. The fourth-order valence-electron chi connectivity index (χ4n) is 1.89. The molecule has 1 aromatic carbocycles. The highest BCUT2D eigenvalue weighted by molar-refractivity contribution is 5.40. The van der Waals surface area contributed by atoms with E-state index in [1.807, 2.05) is 37.3 Å². The summed E-state index contributed by atoms with van der Waals surface area (Å²) in [7, 11) is 0. The van der Waals surface area contributed by atoms with Crippen LogP contribution in [0.3, 0.4) is 0 Å². The Morgan fingerprint density at radius 1 is 1.24 bits per heavy atom. The number of aromatic nitrogens is 2. The summed E-state index contributed by atoms with van der Waals surface area (Å²) in [5, 5.41) is 14.5. The Morgan fingerprint density at radius 3 is 2.59 bits per heavy atom. The summed E-state index contributed by atoms with van der Waals surface area (Å²) in [6.45, 7) is 4.03. The van der Waals surface area contributed by atoms with Gasteiger partial charge in [0.05, 0.1) is 11.4 Å². The molecule has 1 N–H and O–H groups in total. The SMILES string of the molecule is CCCCc1nn(-c2ccccc2)c(C)c1O. The third kappa shape index (κ3) is 2.33. The first-order chi connectivity index (χ1) is 8.24. The number of hydrogen-bond donors (Lipinski definition) is 1. The van der Waals surface area contributed by atoms with E-state index >= 15 is 0 Å². The molecule has 2 aromatic rings. The number of aromatic hydroxyl groups is 1. The van der Waals surface area contributed by atoms with Gasteiger partial charge >= 0.3 is 0 Å². The third-order valence-electron chi connectivity index (χ3n) is 2.92. The van der Waals surface area contributed by atoms with Gasteiger partial charge in [-0.1, -0.05) is 31.5 Å². The smallest absolute Gasteiger partial charge is 0.160 e. The van der Waals surface area contributed by atoms with Crippen LogP contribution in [0.4, 0.5) is 0 Å². The normalized spacial score (nSPS) is 10.7. The van der Waals surface area contributed by atoms with E-state index in [9.17, 15) is 5.11 Å². The Morgan fingerprint density at radius 2 is 1.94 bits per heavy atom. The second-order valence-corrected chi connectivity index (χ2v) is 4.23. The van der Waals surface area contributed by atoms with Gasteiger partial charge in [-0.15, -0.1) is 0 Å². The van der Waals surface area contributed by atoms with Gasteiger partial charge in [-0.05, 0) is 31.9 Å². The van der Waals surface area contributed by atoms with Crippen molar-refractivity contribution < 1.29 is 5.11 Å². The number of nitrogens with zero attached hydrogens (tertiary/aromatic N) is 2. The van der Waals surface area contributed by atoms with Crippen molar-refractivity contribution >= 4 is 0 Å². The zero-order valence-corrected chi connectivity index (χ0v) is 10.3. The summed E-state index contributed by atoms with van der Waals surface area (Å²) < 4.78 is 1.81. The van der Waals surface area contributed by atoms with Crippen molar-refractivity contribution in [3.05, 3.63) is 41.7 Å². The molecule has 0 aliphatic carbocycles. The second kappa shape index (κ2) is 5.04. The monoisotopic (exact) mass is 230 g/mol. The highest BCUT2D eigenvalue weighted by Crippen LogP contribution is 2.25. The number of aryl methyl sites for hydroxylation is 1. The van der Waals surface area contributed by atoms with Crippen LogP contribution in [0.15, 0.2) is 30.3 Å². The van der Waals surface area contributed by atoms with Crippen LogP contribution in [0.25, 0.3) is 5.69 Å². The van der Waals surface area contributed by atoms with Gasteiger partial charge in [0.25, 0.3) is 0 Å². The number of benzene rings is 1. The number of hydrogen-bond acceptors (Lipinski definition) is 2. The van der Waals surface area contributed by atoms with Crippen LogP contribution < -0.4 is 0 Å². The lowest BCUT2D eigenvalue weighted by Crippen LogP contribution is -1.98. The molecule has 0 aliphatic rings. The molecule has 2 rings (SSSR count). The molecule has 17 heavy (non-hydrogen) atoms. The van der Waals surface area contributed by atoms with Crippen LogP contribution >= 0.6 is 0 Å². The van der Waals surface area contributed by atoms with Gasteiger partial charge in [0.1, 0.15) is 5.69 Å². The summed E-state index contributed by atoms with van der Waals surface area (Å²) in [6.07, 6.45) is 3.00. The maximum atomic E-state index is 10.0. The lowest BCUT2D eigenvalue weighted by atomic mass is 10.2. The van der Waals surface area contributed by atoms with Crippen molar-refractivity contribution in [1.82, 2.24) is 9.78 Å². The van der Waals surface area contributed by atoms with Gasteiger partial charge in [-0.3, -0.25) is 0 Å². The average Bonchev–Trinajstić information content (AvgIpc) is 2.65. The van der Waals surface area contributed by atoms with E-state index in [0.717, 1.165) is 36.3 Å². The first kappa shape index (κ1) is 11.7. The molecule has 0 fully saturated rings. The largest absolute Gasteiger partial charge is 0.504 e. The van der Waals surface area contributed by atoms with Crippen LogP contribution in [0, 0.1) is 6.92 Å². The van der Waals surface area contributed by atoms with Crippen molar-refractivity contribution in [2.75, 3.05) is 0 Å². The molecular formula is C14H18N2O. The summed E-state index contributed by atoms with van der Waals surface area (Å²) in [5.74, 6) is 0.335. The van der Waals surface area contributed by atoms with Gasteiger partial charge in [-0.2, -0.15) is 5.10 Å². The molecule has 0 saturated carbocycles. The topological polar surface area (TPSA) is 38.0 Å². The summed E-state index contributed by atoms with van der Waals surface area (Å²) in [6, 6.07) is 9.89. The second-order valence-electron chi connectivity index (χ2n) is 4.23. The maximum absolute atomic E-state index is 10.0. The molecule has 0 saturated heterocycles. The van der Waals surface area contributed by atoms with Crippen LogP contribution in [0.2, 0.25) is 0 Å². The number of unbranched alkanes of at least 4 members (excludes halogenated alkanes) is 1. The molecule has 0 aliphatic heterocycles. The first-order valence-corrected chi connectivity index (χ1v) is 6.07. The van der Waals surface area contributed by atoms with E-state index in [1.165, 1.54) is 0 Å².